The summed E-state index contributed by atoms with van der Waals surface area (Å²) in [4.78, 5) is 72.0. The highest BCUT2D eigenvalue weighted by Gasteiger charge is 2.30. The van der Waals surface area contributed by atoms with Crippen molar-refractivity contribution in [3.8, 4) is 0 Å². The summed E-state index contributed by atoms with van der Waals surface area (Å²) in [5.74, 6) is -0.689. The molecule has 2 unspecified atom stereocenters. The van der Waals surface area contributed by atoms with Crippen molar-refractivity contribution in [3.63, 3.8) is 0 Å². The standard InChI is InChI=1S/C65H126O17P2/c1-7-9-11-13-14-15-16-17-20-23-26-29-36-42-48-63(68)76-54-61(81-64(69)49-43-37-30-27-24-21-18-19-22-25-28-34-39-45-57(3)4)56-80-84(73,74)78-52-59(66)51-77-83(71,72)79-55-60(53-75-62(67)47-41-33-12-10-8-2)82-65(70)50-44-38-32-31-35-40-46-58(5)6/h57-61,66H,7-56H2,1-6H3,(H,71,72)(H,73,74)/t59-,60+,61+/m0/s1. The molecular formula is C65H126O17P2. The summed E-state index contributed by atoms with van der Waals surface area (Å²) < 4.78 is 67.8. The minimum absolute atomic E-state index is 0.101. The monoisotopic (exact) mass is 1240 g/mol. The molecule has 0 saturated heterocycles. The van der Waals surface area contributed by atoms with Gasteiger partial charge in [0.1, 0.15) is 19.3 Å². The zero-order chi connectivity index (χ0) is 62.2. The highest BCUT2D eigenvalue weighted by molar-refractivity contribution is 7.47. The Morgan fingerprint density at radius 3 is 0.810 bits per heavy atom. The van der Waals surface area contributed by atoms with Gasteiger partial charge in [0.05, 0.1) is 26.4 Å². The van der Waals surface area contributed by atoms with E-state index in [4.69, 9.17) is 37.0 Å². The Labute approximate surface area is 511 Å². The lowest BCUT2D eigenvalue weighted by atomic mass is 10.0. The molecule has 17 nitrogen and oxygen atoms in total. The summed E-state index contributed by atoms with van der Waals surface area (Å²) in [5.41, 5.74) is 0. The number of carbonyl (C=O) groups excluding carboxylic acids is 4. The lowest BCUT2D eigenvalue weighted by Gasteiger charge is -2.21. The summed E-state index contributed by atoms with van der Waals surface area (Å²) in [7, 11) is -9.88. The van der Waals surface area contributed by atoms with Crippen LogP contribution < -0.4 is 0 Å². The van der Waals surface area contributed by atoms with Crippen LogP contribution in [-0.4, -0.2) is 96.7 Å². The van der Waals surface area contributed by atoms with Crippen LogP contribution in [0.1, 0.15) is 324 Å². The second-order valence-electron chi connectivity index (χ2n) is 24.5. The molecule has 498 valence electrons. The fourth-order valence-electron chi connectivity index (χ4n) is 9.71. The lowest BCUT2D eigenvalue weighted by molar-refractivity contribution is -0.161. The lowest BCUT2D eigenvalue weighted by Crippen LogP contribution is -2.30. The van der Waals surface area contributed by atoms with Crippen LogP contribution in [0.3, 0.4) is 0 Å². The number of unbranched alkanes of at least 4 members (excludes halogenated alkanes) is 34. The molecule has 0 heterocycles. The zero-order valence-electron chi connectivity index (χ0n) is 54.2. The van der Waals surface area contributed by atoms with Gasteiger partial charge in [-0.25, -0.2) is 9.13 Å². The van der Waals surface area contributed by atoms with Crippen LogP contribution in [0.5, 0.6) is 0 Å². The second-order valence-corrected chi connectivity index (χ2v) is 27.4. The van der Waals surface area contributed by atoms with Crippen LogP contribution >= 0.6 is 15.6 Å². The topological polar surface area (TPSA) is 237 Å². The van der Waals surface area contributed by atoms with Gasteiger partial charge < -0.3 is 33.8 Å². The van der Waals surface area contributed by atoms with Crippen molar-refractivity contribution in [2.24, 2.45) is 11.8 Å². The summed E-state index contributed by atoms with van der Waals surface area (Å²) in [6, 6.07) is 0. The van der Waals surface area contributed by atoms with E-state index < -0.39 is 97.5 Å². The Balaban J connectivity index is 5.16. The van der Waals surface area contributed by atoms with Crippen LogP contribution in [0.2, 0.25) is 0 Å². The third kappa shape index (κ3) is 59.0. The number of hydrogen-bond donors (Lipinski definition) is 3. The Kier molecular flexibility index (Phi) is 56.2. The first-order valence-electron chi connectivity index (χ1n) is 34.0. The molecule has 0 spiro atoms. The van der Waals surface area contributed by atoms with Crippen LogP contribution in [-0.2, 0) is 65.4 Å². The van der Waals surface area contributed by atoms with Crippen molar-refractivity contribution in [1.82, 2.24) is 0 Å². The molecule has 0 aliphatic rings. The first kappa shape index (κ1) is 82.1. The van der Waals surface area contributed by atoms with Crippen LogP contribution in [0.4, 0.5) is 0 Å². The number of aliphatic hydroxyl groups excluding tert-OH is 1. The zero-order valence-corrected chi connectivity index (χ0v) is 56.0. The third-order valence-electron chi connectivity index (χ3n) is 15.0. The van der Waals surface area contributed by atoms with Gasteiger partial charge in [0.2, 0.25) is 0 Å². The van der Waals surface area contributed by atoms with Gasteiger partial charge >= 0.3 is 39.5 Å². The first-order valence-corrected chi connectivity index (χ1v) is 37.0. The average Bonchev–Trinajstić information content (AvgIpc) is 3.66. The number of hydrogen-bond acceptors (Lipinski definition) is 15. The summed E-state index contributed by atoms with van der Waals surface area (Å²) >= 11 is 0. The van der Waals surface area contributed by atoms with Crippen LogP contribution in [0.15, 0.2) is 0 Å². The minimum Gasteiger partial charge on any atom is -0.462 e. The molecule has 0 saturated carbocycles. The molecule has 19 heteroatoms. The van der Waals surface area contributed by atoms with Gasteiger partial charge in [0, 0.05) is 25.7 Å². The van der Waals surface area contributed by atoms with Crippen molar-refractivity contribution in [2.75, 3.05) is 39.6 Å². The van der Waals surface area contributed by atoms with E-state index in [1.54, 1.807) is 0 Å². The van der Waals surface area contributed by atoms with Crippen LogP contribution in [0, 0.1) is 11.8 Å². The Morgan fingerprint density at radius 1 is 0.321 bits per heavy atom. The Hall–Kier alpha value is -1.94. The average molecular weight is 1240 g/mol. The van der Waals surface area contributed by atoms with Gasteiger partial charge in [-0.15, -0.1) is 0 Å². The quantitative estimate of drug-likeness (QED) is 0.0222. The van der Waals surface area contributed by atoms with Gasteiger partial charge in [0.25, 0.3) is 0 Å². The maximum atomic E-state index is 13.0. The summed E-state index contributed by atoms with van der Waals surface area (Å²) in [5, 5.41) is 10.5. The fourth-order valence-corrected chi connectivity index (χ4v) is 11.3. The molecule has 0 aromatic rings. The molecule has 3 N–H and O–H groups in total. The van der Waals surface area contributed by atoms with Gasteiger partial charge in [-0.3, -0.25) is 37.3 Å². The van der Waals surface area contributed by atoms with E-state index in [1.807, 2.05) is 0 Å². The van der Waals surface area contributed by atoms with Crippen molar-refractivity contribution in [2.45, 2.75) is 342 Å². The van der Waals surface area contributed by atoms with E-state index in [9.17, 15) is 43.2 Å². The predicted octanol–water partition coefficient (Wildman–Crippen LogP) is 18.0. The fraction of sp³-hybridized carbons (Fsp3) is 0.938. The molecule has 0 rings (SSSR count). The molecule has 0 aromatic heterocycles. The summed E-state index contributed by atoms with van der Waals surface area (Å²) in [6.07, 6.45) is 40.8. The molecule has 84 heavy (non-hydrogen) atoms. The molecule has 0 bridgehead atoms. The van der Waals surface area contributed by atoms with Crippen molar-refractivity contribution < 1.29 is 80.2 Å². The molecular weight excluding hydrogens is 1110 g/mol. The van der Waals surface area contributed by atoms with Crippen molar-refractivity contribution in [1.29, 1.82) is 0 Å². The highest BCUT2D eigenvalue weighted by atomic mass is 31.2. The molecule has 0 aromatic carbocycles. The van der Waals surface area contributed by atoms with Gasteiger partial charge in [-0.2, -0.15) is 0 Å². The van der Waals surface area contributed by atoms with E-state index in [2.05, 4.69) is 41.5 Å². The molecule has 0 amide bonds. The van der Waals surface area contributed by atoms with E-state index in [1.165, 1.54) is 135 Å². The highest BCUT2D eigenvalue weighted by Crippen LogP contribution is 2.45. The molecule has 0 aliphatic heterocycles. The number of phosphoric ester groups is 2. The SMILES string of the molecule is CCCCCCCCCCCCCCCCC(=O)OC[C@H](COP(=O)(O)OC[C@@H](O)COP(=O)(O)OC[C@@H](COC(=O)CCCCCCC)OC(=O)CCCCCCCCC(C)C)OC(=O)CCCCCCCCCCCCCCCC(C)C. The smallest absolute Gasteiger partial charge is 0.462 e. The summed E-state index contributed by atoms with van der Waals surface area (Å²) in [6.45, 7) is 9.34. The van der Waals surface area contributed by atoms with Crippen molar-refractivity contribution in [3.05, 3.63) is 0 Å². The van der Waals surface area contributed by atoms with Gasteiger partial charge in [-0.1, -0.05) is 273 Å². The first-order chi connectivity index (χ1) is 40.4. The number of ether oxygens (including phenoxy) is 4. The minimum atomic E-state index is -4.95. The largest absolute Gasteiger partial charge is 0.472 e. The van der Waals surface area contributed by atoms with E-state index in [0.717, 1.165) is 102 Å². The second kappa shape index (κ2) is 57.5. The normalized spacial score (nSPS) is 14.3. The van der Waals surface area contributed by atoms with E-state index in [-0.39, 0.29) is 25.7 Å². The molecule has 5 atom stereocenters. The number of aliphatic hydroxyl groups is 1. The number of carbonyl (C=O) groups is 4. The maximum Gasteiger partial charge on any atom is 0.472 e. The Morgan fingerprint density at radius 2 is 0.548 bits per heavy atom. The van der Waals surface area contributed by atoms with Crippen molar-refractivity contribution >= 4 is 39.5 Å². The predicted molar refractivity (Wildman–Crippen MR) is 335 cm³/mol. The van der Waals surface area contributed by atoms with Gasteiger partial charge in [-0.05, 0) is 37.5 Å². The van der Waals surface area contributed by atoms with E-state index in [0.29, 0.717) is 31.6 Å². The molecule has 0 fully saturated rings. The number of esters is 4. The maximum absolute atomic E-state index is 13.0. The van der Waals surface area contributed by atoms with Gasteiger partial charge in [0.15, 0.2) is 12.2 Å². The number of rotatable bonds is 64. The molecule has 0 aliphatic carbocycles. The Bertz CT molecular complexity index is 1650. The molecule has 0 radical (unpaired) electrons. The number of phosphoric acid groups is 2. The third-order valence-corrected chi connectivity index (χ3v) is 16.9. The van der Waals surface area contributed by atoms with E-state index >= 15 is 0 Å². The van der Waals surface area contributed by atoms with Crippen LogP contribution in [0.25, 0.3) is 0 Å².